The van der Waals surface area contributed by atoms with Gasteiger partial charge in [0.15, 0.2) is 0 Å². The number of nitrogens with two attached hydrogens (primary N) is 1. The van der Waals surface area contributed by atoms with Gasteiger partial charge < -0.3 is 11.1 Å². The molecule has 0 spiro atoms. The summed E-state index contributed by atoms with van der Waals surface area (Å²) < 4.78 is 1.72. The molecule has 5 nitrogen and oxygen atoms in total. The average molecular weight is 236 g/mol. The zero-order valence-electron chi connectivity index (χ0n) is 10.4. The van der Waals surface area contributed by atoms with Gasteiger partial charge in [0.1, 0.15) is 6.54 Å². The molecule has 1 unspecified atom stereocenters. The lowest BCUT2D eigenvalue weighted by molar-refractivity contribution is -0.121. The Morgan fingerprint density at radius 2 is 2.35 bits per heavy atom. The van der Waals surface area contributed by atoms with Crippen molar-refractivity contribution >= 4 is 5.91 Å². The minimum Gasteiger partial charge on any atom is -0.353 e. The van der Waals surface area contributed by atoms with Crippen molar-refractivity contribution < 1.29 is 4.79 Å². The molecule has 94 valence electrons. The van der Waals surface area contributed by atoms with E-state index in [2.05, 4.69) is 10.4 Å². The number of rotatable bonds is 5. The van der Waals surface area contributed by atoms with Gasteiger partial charge in [-0.3, -0.25) is 9.48 Å². The van der Waals surface area contributed by atoms with Gasteiger partial charge in [0.2, 0.25) is 5.91 Å². The molecule has 1 amide bonds. The lowest BCUT2D eigenvalue weighted by atomic mass is 10.2. The third kappa shape index (κ3) is 3.30. The molecule has 1 heterocycles. The van der Waals surface area contributed by atoms with Crippen LogP contribution < -0.4 is 11.1 Å². The highest BCUT2D eigenvalue weighted by atomic mass is 16.2. The number of carbonyl (C=O) groups is 1. The number of nitrogens with one attached hydrogen (secondary N) is 1. The van der Waals surface area contributed by atoms with Crippen LogP contribution in [0.3, 0.4) is 0 Å². The molecular formula is C12H20N4O. The zero-order chi connectivity index (χ0) is 12.4. The smallest absolute Gasteiger partial charge is 0.241 e. The van der Waals surface area contributed by atoms with Crippen molar-refractivity contribution in [2.45, 2.75) is 39.3 Å². The van der Waals surface area contributed by atoms with Crippen LogP contribution in [0.1, 0.15) is 24.2 Å². The lowest BCUT2D eigenvalue weighted by Crippen LogP contribution is -2.40. The van der Waals surface area contributed by atoms with E-state index in [9.17, 15) is 4.79 Å². The van der Waals surface area contributed by atoms with Crippen LogP contribution in [0.4, 0.5) is 0 Å². The fourth-order valence-corrected chi connectivity index (χ4v) is 1.95. The van der Waals surface area contributed by atoms with E-state index in [1.54, 1.807) is 4.68 Å². The van der Waals surface area contributed by atoms with E-state index in [0.29, 0.717) is 12.5 Å². The van der Waals surface area contributed by atoms with Gasteiger partial charge in [0.25, 0.3) is 0 Å². The largest absolute Gasteiger partial charge is 0.353 e. The van der Waals surface area contributed by atoms with Gasteiger partial charge in [-0.15, -0.1) is 0 Å². The van der Waals surface area contributed by atoms with Crippen LogP contribution in [-0.4, -0.2) is 28.3 Å². The first-order valence-electron chi connectivity index (χ1n) is 6.09. The summed E-state index contributed by atoms with van der Waals surface area (Å²) in [5.41, 5.74) is 7.86. The second-order valence-corrected chi connectivity index (χ2v) is 4.89. The third-order valence-corrected chi connectivity index (χ3v) is 3.16. The fraction of sp³-hybridized carbons (Fsp3) is 0.667. The number of aryl methyl sites for hydroxylation is 2. The summed E-state index contributed by atoms with van der Waals surface area (Å²) >= 11 is 0. The maximum atomic E-state index is 11.7. The van der Waals surface area contributed by atoms with Gasteiger partial charge >= 0.3 is 0 Å². The van der Waals surface area contributed by atoms with Crippen LogP contribution in [0.2, 0.25) is 0 Å². The van der Waals surface area contributed by atoms with E-state index in [1.807, 2.05) is 19.9 Å². The Bertz CT molecular complexity index is 409. The molecule has 1 aromatic heterocycles. The van der Waals surface area contributed by atoms with Gasteiger partial charge in [-0.2, -0.15) is 5.10 Å². The highest BCUT2D eigenvalue weighted by molar-refractivity contribution is 5.75. The van der Waals surface area contributed by atoms with Crippen LogP contribution >= 0.6 is 0 Å². The molecule has 1 aliphatic rings. The molecule has 1 atom stereocenters. The second-order valence-electron chi connectivity index (χ2n) is 4.89. The summed E-state index contributed by atoms with van der Waals surface area (Å²) in [6, 6.07) is 2.07. The third-order valence-electron chi connectivity index (χ3n) is 3.16. The number of hydrogen-bond acceptors (Lipinski definition) is 3. The van der Waals surface area contributed by atoms with Crippen LogP contribution in [0, 0.1) is 19.8 Å². The maximum Gasteiger partial charge on any atom is 0.241 e. The zero-order valence-corrected chi connectivity index (χ0v) is 10.4. The Hall–Kier alpha value is -1.36. The van der Waals surface area contributed by atoms with Crippen LogP contribution in [0.25, 0.3) is 0 Å². The molecule has 3 N–H and O–H groups in total. The fourth-order valence-electron chi connectivity index (χ4n) is 1.95. The van der Waals surface area contributed by atoms with E-state index >= 15 is 0 Å². The Morgan fingerprint density at radius 1 is 1.65 bits per heavy atom. The molecule has 0 aliphatic heterocycles. The number of carbonyl (C=O) groups excluding carboxylic acids is 1. The number of hydrogen-bond donors (Lipinski definition) is 2. The summed E-state index contributed by atoms with van der Waals surface area (Å²) in [6.07, 6.45) is 2.41. The number of aromatic nitrogens is 2. The Balaban J connectivity index is 1.78. The number of amides is 1. The molecule has 1 aliphatic carbocycles. The average Bonchev–Trinajstić information content (AvgIpc) is 3.04. The first-order valence-corrected chi connectivity index (χ1v) is 6.09. The molecular weight excluding hydrogens is 216 g/mol. The van der Waals surface area contributed by atoms with E-state index in [1.165, 1.54) is 12.8 Å². The highest BCUT2D eigenvalue weighted by Crippen LogP contribution is 2.31. The molecule has 2 rings (SSSR count). The van der Waals surface area contributed by atoms with Crippen molar-refractivity contribution in [1.82, 2.24) is 15.1 Å². The highest BCUT2D eigenvalue weighted by Gasteiger charge is 2.28. The Kier molecular flexibility index (Phi) is 3.47. The van der Waals surface area contributed by atoms with Crippen molar-refractivity contribution in [3.8, 4) is 0 Å². The van der Waals surface area contributed by atoms with Gasteiger partial charge in [-0.1, -0.05) is 0 Å². The van der Waals surface area contributed by atoms with Crippen molar-refractivity contribution in [2.75, 3.05) is 6.54 Å². The molecule has 1 aromatic rings. The van der Waals surface area contributed by atoms with Crippen molar-refractivity contribution in [3.05, 3.63) is 17.5 Å². The first-order chi connectivity index (χ1) is 8.06. The summed E-state index contributed by atoms with van der Waals surface area (Å²) in [5, 5.41) is 7.11. The summed E-state index contributed by atoms with van der Waals surface area (Å²) in [4.78, 5) is 11.7. The van der Waals surface area contributed by atoms with Crippen LogP contribution in [-0.2, 0) is 11.3 Å². The topological polar surface area (TPSA) is 72.9 Å². The van der Waals surface area contributed by atoms with Crippen molar-refractivity contribution in [2.24, 2.45) is 11.7 Å². The van der Waals surface area contributed by atoms with Gasteiger partial charge in [0, 0.05) is 18.3 Å². The lowest BCUT2D eigenvalue weighted by Gasteiger charge is -2.11. The molecule has 0 bridgehead atoms. The van der Waals surface area contributed by atoms with E-state index in [0.717, 1.165) is 11.4 Å². The van der Waals surface area contributed by atoms with Gasteiger partial charge in [0.05, 0.1) is 5.69 Å². The molecule has 1 saturated carbocycles. The normalized spacial score (nSPS) is 16.9. The molecule has 17 heavy (non-hydrogen) atoms. The standard InChI is InChI=1S/C12H20N4O/c1-8-5-9(2)16(15-8)7-12(17)14-6-11(13)10-3-4-10/h5,10-11H,3-4,6-7,13H2,1-2H3,(H,14,17). The SMILES string of the molecule is Cc1cc(C)n(CC(=O)NCC(N)C2CC2)n1. The van der Waals surface area contributed by atoms with Crippen LogP contribution in [0.5, 0.6) is 0 Å². The van der Waals surface area contributed by atoms with Gasteiger partial charge in [-0.05, 0) is 38.7 Å². The predicted molar refractivity (Wildman–Crippen MR) is 65.4 cm³/mol. The summed E-state index contributed by atoms with van der Waals surface area (Å²) in [7, 11) is 0. The first kappa shape index (κ1) is 12.1. The predicted octanol–water partition coefficient (Wildman–Crippen LogP) is 0.353. The Labute approximate surface area is 101 Å². The molecule has 0 saturated heterocycles. The van der Waals surface area contributed by atoms with E-state index in [4.69, 9.17) is 5.73 Å². The van der Waals surface area contributed by atoms with E-state index in [-0.39, 0.29) is 18.5 Å². The van der Waals surface area contributed by atoms with Crippen LogP contribution in [0.15, 0.2) is 6.07 Å². The van der Waals surface area contributed by atoms with Crippen molar-refractivity contribution in [1.29, 1.82) is 0 Å². The minimum absolute atomic E-state index is 0.0210. The van der Waals surface area contributed by atoms with Crippen molar-refractivity contribution in [3.63, 3.8) is 0 Å². The quantitative estimate of drug-likeness (QED) is 0.775. The second kappa shape index (κ2) is 4.87. The monoisotopic (exact) mass is 236 g/mol. The summed E-state index contributed by atoms with van der Waals surface area (Å²) in [6.45, 7) is 4.72. The maximum absolute atomic E-state index is 11.7. The molecule has 0 radical (unpaired) electrons. The minimum atomic E-state index is -0.0210. The van der Waals surface area contributed by atoms with Gasteiger partial charge in [-0.25, -0.2) is 0 Å². The Morgan fingerprint density at radius 3 is 2.88 bits per heavy atom. The van der Waals surface area contributed by atoms with E-state index < -0.39 is 0 Å². The molecule has 5 heteroatoms. The summed E-state index contributed by atoms with van der Waals surface area (Å²) in [5.74, 6) is 0.594. The molecule has 1 fully saturated rings. The number of nitrogens with zero attached hydrogens (tertiary/aromatic N) is 2. The molecule has 0 aromatic carbocycles.